The molecule has 0 aliphatic heterocycles. The molecular formula is C13H13Cl2NO5. The summed E-state index contributed by atoms with van der Waals surface area (Å²) in [5.41, 5.74) is 0.175. The number of hydrogen-bond acceptors (Lipinski definition) is 6. The van der Waals surface area contributed by atoms with E-state index in [9.17, 15) is 9.59 Å². The van der Waals surface area contributed by atoms with Gasteiger partial charge >= 0.3 is 11.9 Å². The second-order valence-corrected chi connectivity index (χ2v) is 4.48. The first kappa shape index (κ1) is 17.1. The number of carbonyl (C=O) groups excluding carboxylic acids is 2. The van der Waals surface area contributed by atoms with Gasteiger partial charge < -0.3 is 19.5 Å². The minimum atomic E-state index is -0.759. The zero-order valence-electron chi connectivity index (χ0n) is 11.5. The number of benzene rings is 1. The summed E-state index contributed by atoms with van der Waals surface area (Å²) >= 11 is 11.9. The van der Waals surface area contributed by atoms with Gasteiger partial charge in [0.15, 0.2) is 0 Å². The maximum absolute atomic E-state index is 11.6. The minimum absolute atomic E-state index is 0.143. The van der Waals surface area contributed by atoms with Crippen LogP contribution < -0.4 is 10.1 Å². The molecule has 1 rings (SSSR count). The Bertz CT molecular complexity index is 586. The average Bonchev–Trinajstić information content (AvgIpc) is 2.47. The van der Waals surface area contributed by atoms with Gasteiger partial charge in [-0.25, -0.2) is 9.59 Å². The molecule has 1 aromatic carbocycles. The topological polar surface area (TPSA) is 73.9 Å². The van der Waals surface area contributed by atoms with Gasteiger partial charge in [-0.3, -0.25) is 0 Å². The Morgan fingerprint density at radius 3 is 2.29 bits per heavy atom. The Balaban J connectivity index is 3.18. The first-order valence-electron chi connectivity index (χ1n) is 5.61. The first-order chi connectivity index (χ1) is 9.92. The Morgan fingerprint density at radius 2 is 1.76 bits per heavy atom. The molecule has 114 valence electrons. The lowest BCUT2D eigenvalue weighted by Crippen LogP contribution is -2.15. The van der Waals surface area contributed by atoms with Crippen LogP contribution in [0.1, 0.15) is 0 Å². The van der Waals surface area contributed by atoms with E-state index in [0.717, 1.165) is 6.08 Å². The van der Waals surface area contributed by atoms with Crippen molar-refractivity contribution in [1.82, 2.24) is 0 Å². The van der Waals surface area contributed by atoms with Crippen molar-refractivity contribution in [3.05, 3.63) is 34.0 Å². The van der Waals surface area contributed by atoms with E-state index in [1.165, 1.54) is 33.5 Å². The van der Waals surface area contributed by atoms with Crippen LogP contribution in [0.5, 0.6) is 5.75 Å². The highest BCUT2D eigenvalue weighted by atomic mass is 35.5. The van der Waals surface area contributed by atoms with Gasteiger partial charge in [-0.2, -0.15) is 0 Å². The average molecular weight is 334 g/mol. The highest BCUT2D eigenvalue weighted by Gasteiger charge is 2.16. The predicted octanol–water partition coefficient (Wildman–Crippen LogP) is 2.64. The van der Waals surface area contributed by atoms with Gasteiger partial charge in [0.1, 0.15) is 11.4 Å². The van der Waals surface area contributed by atoms with E-state index in [1.54, 1.807) is 0 Å². The molecule has 0 fully saturated rings. The normalized spacial score (nSPS) is 10.8. The van der Waals surface area contributed by atoms with E-state index < -0.39 is 11.9 Å². The van der Waals surface area contributed by atoms with Gasteiger partial charge in [0, 0.05) is 6.07 Å². The van der Waals surface area contributed by atoms with Gasteiger partial charge in [-0.15, -0.1) is 0 Å². The zero-order valence-corrected chi connectivity index (χ0v) is 13.0. The highest BCUT2D eigenvalue weighted by molar-refractivity contribution is 6.37. The smallest absolute Gasteiger partial charge is 0.354 e. The maximum atomic E-state index is 11.6. The van der Waals surface area contributed by atoms with E-state index >= 15 is 0 Å². The molecule has 0 radical (unpaired) electrons. The summed E-state index contributed by atoms with van der Waals surface area (Å²) in [7, 11) is 3.80. The van der Waals surface area contributed by atoms with Gasteiger partial charge in [0.2, 0.25) is 0 Å². The van der Waals surface area contributed by atoms with Crippen LogP contribution in [0.25, 0.3) is 0 Å². The number of hydrogen-bond donors (Lipinski definition) is 1. The fourth-order valence-corrected chi connectivity index (χ4v) is 1.87. The van der Waals surface area contributed by atoms with Crippen LogP contribution >= 0.6 is 23.2 Å². The van der Waals surface area contributed by atoms with Crippen molar-refractivity contribution in [2.45, 2.75) is 0 Å². The summed E-state index contributed by atoms with van der Waals surface area (Å²) < 4.78 is 14.1. The SMILES string of the molecule is COC(=O)/C=C(/Nc1cc(OC)c(Cl)cc1Cl)C(=O)OC. The zero-order chi connectivity index (χ0) is 16.0. The lowest BCUT2D eigenvalue weighted by atomic mass is 10.2. The molecule has 0 unspecified atom stereocenters. The monoisotopic (exact) mass is 333 g/mol. The molecule has 1 aromatic rings. The van der Waals surface area contributed by atoms with Crippen LogP contribution in [0.3, 0.4) is 0 Å². The lowest BCUT2D eigenvalue weighted by Gasteiger charge is -2.12. The molecule has 0 heterocycles. The second-order valence-electron chi connectivity index (χ2n) is 3.66. The molecule has 0 saturated carbocycles. The number of halogens is 2. The molecule has 8 heteroatoms. The molecule has 1 N–H and O–H groups in total. The quantitative estimate of drug-likeness (QED) is 0.659. The van der Waals surface area contributed by atoms with E-state index in [4.69, 9.17) is 27.9 Å². The number of anilines is 1. The van der Waals surface area contributed by atoms with Gasteiger partial charge in [-0.1, -0.05) is 23.2 Å². The molecule has 6 nitrogen and oxygen atoms in total. The Kier molecular flexibility index (Phi) is 6.33. The van der Waals surface area contributed by atoms with Crippen molar-refractivity contribution in [3.63, 3.8) is 0 Å². The molecule has 0 aliphatic rings. The summed E-state index contributed by atoms with van der Waals surface area (Å²) in [4.78, 5) is 22.9. The number of nitrogens with one attached hydrogen (secondary N) is 1. The van der Waals surface area contributed by atoms with Gasteiger partial charge in [0.25, 0.3) is 0 Å². The van der Waals surface area contributed by atoms with Crippen LogP contribution in [0.15, 0.2) is 23.9 Å². The molecule has 0 aliphatic carbocycles. The molecule has 0 saturated heterocycles. The molecule has 0 aromatic heterocycles. The molecule has 21 heavy (non-hydrogen) atoms. The van der Waals surface area contributed by atoms with E-state index in [1.807, 2.05) is 0 Å². The number of rotatable bonds is 5. The van der Waals surface area contributed by atoms with Crippen molar-refractivity contribution in [2.24, 2.45) is 0 Å². The standard InChI is InChI=1S/C13H13Cl2NO5/c1-19-11-5-9(7(14)4-8(11)15)16-10(13(18)21-3)6-12(17)20-2/h4-6,16H,1-3H3/b10-6+. The Labute approximate surface area is 131 Å². The predicted molar refractivity (Wildman–Crippen MR) is 78.8 cm³/mol. The van der Waals surface area contributed by atoms with E-state index in [0.29, 0.717) is 16.5 Å². The van der Waals surface area contributed by atoms with E-state index in [-0.39, 0.29) is 10.7 Å². The highest BCUT2D eigenvalue weighted by Crippen LogP contribution is 2.34. The molecule has 0 atom stereocenters. The lowest BCUT2D eigenvalue weighted by molar-refractivity contribution is -0.138. The summed E-state index contributed by atoms with van der Waals surface area (Å²) in [6.45, 7) is 0. The van der Waals surface area contributed by atoms with Gasteiger partial charge in [-0.05, 0) is 6.07 Å². The van der Waals surface area contributed by atoms with Crippen LogP contribution in [0.2, 0.25) is 10.0 Å². The van der Waals surface area contributed by atoms with Gasteiger partial charge in [0.05, 0.1) is 43.1 Å². The summed E-state index contributed by atoms with van der Waals surface area (Å²) in [5, 5.41) is 3.23. The Hall–Kier alpha value is -1.92. The third kappa shape index (κ3) is 4.54. The van der Waals surface area contributed by atoms with Crippen molar-refractivity contribution < 1.29 is 23.8 Å². The van der Waals surface area contributed by atoms with Crippen molar-refractivity contribution in [3.8, 4) is 5.75 Å². The molecule has 0 bridgehead atoms. The van der Waals surface area contributed by atoms with E-state index in [2.05, 4.69) is 14.8 Å². The van der Waals surface area contributed by atoms with Crippen LogP contribution in [-0.2, 0) is 19.1 Å². The van der Waals surface area contributed by atoms with Crippen molar-refractivity contribution in [2.75, 3.05) is 26.6 Å². The number of methoxy groups -OCH3 is 3. The van der Waals surface area contributed by atoms with Crippen LogP contribution in [0.4, 0.5) is 5.69 Å². The second kappa shape index (κ2) is 7.75. The fourth-order valence-electron chi connectivity index (χ4n) is 1.36. The number of ether oxygens (including phenoxy) is 3. The third-order valence-electron chi connectivity index (χ3n) is 2.38. The summed E-state index contributed by atoms with van der Waals surface area (Å²) in [5.74, 6) is -1.13. The van der Waals surface area contributed by atoms with Crippen LogP contribution in [0, 0.1) is 0 Å². The first-order valence-corrected chi connectivity index (χ1v) is 6.36. The molecular weight excluding hydrogens is 321 g/mol. The summed E-state index contributed by atoms with van der Waals surface area (Å²) in [6.07, 6.45) is 0.948. The van der Waals surface area contributed by atoms with Crippen molar-refractivity contribution in [1.29, 1.82) is 0 Å². The third-order valence-corrected chi connectivity index (χ3v) is 2.99. The van der Waals surface area contributed by atoms with Crippen molar-refractivity contribution >= 4 is 40.8 Å². The fraction of sp³-hybridized carbons (Fsp3) is 0.231. The number of carbonyl (C=O) groups is 2. The summed E-state index contributed by atoms with van der Waals surface area (Å²) in [6, 6.07) is 2.93. The molecule has 0 spiro atoms. The maximum Gasteiger partial charge on any atom is 0.354 e. The Morgan fingerprint density at radius 1 is 1.10 bits per heavy atom. The molecule has 0 amide bonds. The largest absolute Gasteiger partial charge is 0.495 e. The van der Waals surface area contributed by atoms with Crippen LogP contribution in [-0.4, -0.2) is 33.3 Å². The number of esters is 2. The minimum Gasteiger partial charge on any atom is -0.495 e.